The summed E-state index contributed by atoms with van der Waals surface area (Å²) in [7, 11) is 0. The summed E-state index contributed by atoms with van der Waals surface area (Å²) >= 11 is 3.39. The first-order valence-electron chi connectivity index (χ1n) is 7.52. The molecule has 1 saturated heterocycles. The van der Waals surface area contributed by atoms with Crippen LogP contribution < -0.4 is 10.5 Å². The molecular formula is C16H21BrN3O+. The molecule has 0 radical (unpaired) electrons. The van der Waals surface area contributed by atoms with E-state index < -0.39 is 0 Å². The number of hydrogen-bond donors (Lipinski definition) is 1. The average molecular weight is 351 g/mol. The second-order valence-electron chi connectivity index (χ2n) is 6.44. The van der Waals surface area contributed by atoms with Crippen LogP contribution in [0.3, 0.4) is 0 Å². The zero-order valence-corrected chi connectivity index (χ0v) is 14.1. The molecule has 1 aliphatic heterocycles. The summed E-state index contributed by atoms with van der Waals surface area (Å²) in [5.41, 5.74) is 1.62. The average Bonchev–Trinajstić information content (AvgIpc) is 2.38. The highest BCUT2D eigenvalue weighted by atomic mass is 79.9. The van der Waals surface area contributed by atoms with Crippen molar-refractivity contribution in [3.05, 3.63) is 44.9 Å². The Morgan fingerprint density at radius 1 is 1.33 bits per heavy atom. The maximum absolute atomic E-state index is 12.2. The Labute approximate surface area is 132 Å². The van der Waals surface area contributed by atoms with Crippen molar-refractivity contribution in [1.82, 2.24) is 9.38 Å². The lowest BCUT2D eigenvalue weighted by molar-refractivity contribution is -0.926. The molecule has 3 rings (SSSR count). The Morgan fingerprint density at radius 3 is 2.76 bits per heavy atom. The van der Waals surface area contributed by atoms with Crippen LogP contribution >= 0.6 is 15.9 Å². The molecule has 1 fully saturated rings. The third kappa shape index (κ3) is 3.35. The lowest BCUT2D eigenvalue weighted by Crippen LogP contribution is -3.13. The number of hydrogen-bond acceptors (Lipinski definition) is 2. The number of likely N-dealkylation sites (tertiary alicyclic amines) is 1. The third-order valence-electron chi connectivity index (χ3n) is 4.19. The molecule has 0 aromatic carbocycles. The first kappa shape index (κ1) is 14.7. The van der Waals surface area contributed by atoms with Gasteiger partial charge in [-0.25, -0.2) is 4.98 Å². The van der Waals surface area contributed by atoms with E-state index in [-0.39, 0.29) is 5.56 Å². The fourth-order valence-electron chi connectivity index (χ4n) is 3.54. The summed E-state index contributed by atoms with van der Waals surface area (Å²) in [5.74, 6) is 1.50. The highest BCUT2D eigenvalue weighted by molar-refractivity contribution is 9.10. The second-order valence-corrected chi connectivity index (χ2v) is 7.36. The minimum atomic E-state index is -0.00573. The van der Waals surface area contributed by atoms with Gasteiger partial charge in [-0.05, 0) is 34.5 Å². The van der Waals surface area contributed by atoms with Crippen LogP contribution in [0.1, 0.15) is 26.0 Å². The number of fused-ring (bicyclic) bond motifs is 1. The van der Waals surface area contributed by atoms with Crippen LogP contribution in [-0.4, -0.2) is 22.5 Å². The molecule has 2 atom stereocenters. The molecule has 0 amide bonds. The lowest BCUT2D eigenvalue weighted by Gasteiger charge is -2.31. The lowest BCUT2D eigenvalue weighted by atomic mass is 9.92. The van der Waals surface area contributed by atoms with Gasteiger partial charge in [0.05, 0.1) is 13.1 Å². The number of nitrogens with zero attached hydrogens (tertiary/aromatic N) is 2. The van der Waals surface area contributed by atoms with E-state index in [1.54, 1.807) is 16.7 Å². The highest BCUT2D eigenvalue weighted by Gasteiger charge is 2.25. The molecule has 21 heavy (non-hydrogen) atoms. The predicted octanol–water partition coefficient (Wildman–Crippen LogP) is 1.52. The van der Waals surface area contributed by atoms with Crippen molar-refractivity contribution >= 4 is 21.6 Å². The smallest absolute Gasteiger partial charge is 0.258 e. The summed E-state index contributed by atoms with van der Waals surface area (Å²) in [6, 6.07) is 5.48. The Balaban J connectivity index is 1.87. The predicted molar refractivity (Wildman–Crippen MR) is 86.5 cm³/mol. The van der Waals surface area contributed by atoms with Gasteiger partial charge in [0.1, 0.15) is 17.9 Å². The Kier molecular flexibility index (Phi) is 4.13. The highest BCUT2D eigenvalue weighted by Crippen LogP contribution is 2.13. The van der Waals surface area contributed by atoms with Gasteiger partial charge in [-0.2, -0.15) is 0 Å². The van der Waals surface area contributed by atoms with Gasteiger partial charge >= 0.3 is 0 Å². The van der Waals surface area contributed by atoms with Gasteiger partial charge < -0.3 is 4.90 Å². The normalized spacial score (nSPS) is 26.1. The molecule has 0 aliphatic carbocycles. The first-order chi connectivity index (χ1) is 10.0. The second kappa shape index (κ2) is 5.89. The van der Waals surface area contributed by atoms with E-state index in [9.17, 15) is 4.79 Å². The van der Waals surface area contributed by atoms with E-state index in [0.29, 0.717) is 0 Å². The van der Waals surface area contributed by atoms with Gasteiger partial charge in [-0.3, -0.25) is 9.20 Å². The number of nitrogens with one attached hydrogen (secondary N) is 1. The van der Waals surface area contributed by atoms with Crippen LogP contribution in [0.15, 0.2) is 33.7 Å². The van der Waals surface area contributed by atoms with Crippen molar-refractivity contribution in [2.75, 3.05) is 13.1 Å². The van der Waals surface area contributed by atoms with Gasteiger partial charge in [0.15, 0.2) is 0 Å². The largest absolute Gasteiger partial charge is 0.329 e. The molecule has 112 valence electrons. The van der Waals surface area contributed by atoms with Crippen molar-refractivity contribution in [3.63, 3.8) is 0 Å². The number of halogens is 1. The number of piperidine rings is 1. The number of quaternary nitrogens is 1. The molecule has 0 saturated carbocycles. The van der Waals surface area contributed by atoms with Crippen LogP contribution in [0, 0.1) is 11.8 Å². The molecule has 0 bridgehead atoms. The van der Waals surface area contributed by atoms with Crippen LogP contribution in [0.4, 0.5) is 0 Å². The van der Waals surface area contributed by atoms with Crippen molar-refractivity contribution in [2.45, 2.75) is 26.8 Å². The third-order valence-corrected chi connectivity index (χ3v) is 4.66. The Morgan fingerprint density at radius 2 is 2.05 bits per heavy atom. The fourth-order valence-corrected chi connectivity index (χ4v) is 3.88. The summed E-state index contributed by atoms with van der Waals surface area (Å²) in [6.07, 6.45) is 3.08. The molecule has 3 heterocycles. The minimum Gasteiger partial charge on any atom is -0.329 e. The Hall–Kier alpha value is -1.20. The van der Waals surface area contributed by atoms with Gasteiger partial charge in [-0.1, -0.05) is 13.8 Å². The number of pyridine rings is 1. The SMILES string of the molecule is C[C@@H]1C[C@@H](C)C[NH+](Cc2cc(=O)n3cc(Br)ccc3n2)C1. The first-order valence-corrected chi connectivity index (χ1v) is 8.32. The molecule has 0 unspecified atom stereocenters. The summed E-state index contributed by atoms with van der Waals surface area (Å²) in [5, 5.41) is 0. The van der Waals surface area contributed by atoms with Crippen molar-refractivity contribution in [3.8, 4) is 0 Å². The van der Waals surface area contributed by atoms with Gasteiger partial charge in [0.25, 0.3) is 5.56 Å². The van der Waals surface area contributed by atoms with E-state index in [1.807, 2.05) is 12.1 Å². The number of rotatable bonds is 2. The molecule has 1 aliphatic rings. The van der Waals surface area contributed by atoms with Crippen molar-refractivity contribution < 1.29 is 4.90 Å². The van der Waals surface area contributed by atoms with E-state index in [0.717, 1.165) is 34.2 Å². The van der Waals surface area contributed by atoms with E-state index in [1.165, 1.54) is 24.4 Å². The molecule has 2 aromatic rings. The minimum absolute atomic E-state index is 0.00573. The van der Waals surface area contributed by atoms with Crippen molar-refractivity contribution in [2.24, 2.45) is 11.8 Å². The van der Waals surface area contributed by atoms with Gasteiger partial charge in [0.2, 0.25) is 0 Å². The summed E-state index contributed by atoms with van der Waals surface area (Å²) < 4.78 is 2.47. The monoisotopic (exact) mass is 350 g/mol. The van der Waals surface area contributed by atoms with E-state index in [2.05, 4.69) is 34.8 Å². The maximum atomic E-state index is 12.2. The van der Waals surface area contributed by atoms with Crippen LogP contribution in [0.2, 0.25) is 0 Å². The topological polar surface area (TPSA) is 38.8 Å². The zero-order chi connectivity index (χ0) is 15.0. The van der Waals surface area contributed by atoms with E-state index in [4.69, 9.17) is 0 Å². The Bertz CT molecular complexity index is 702. The van der Waals surface area contributed by atoms with Gasteiger partial charge in [-0.15, -0.1) is 0 Å². The molecule has 5 heteroatoms. The number of aromatic nitrogens is 2. The fraction of sp³-hybridized carbons (Fsp3) is 0.500. The zero-order valence-electron chi connectivity index (χ0n) is 12.5. The quantitative estimate of drug-likeness (QED) is 0.891. The van der Waals surface area contributed by atoms with Gasteiger partial charge in [0, 0.05) is 28.6 Å². The van der Waals surface area contributed by atoms with Crippen molar-refractivity contribution in [1.29, 1.82) is 0 Å². The van der Waals surface area contributed by atoms with Crippen LogP contribution in [0.25, 0.3) is 5.65 Å². The molecule has 1 N–H and O–H groups in total. The summed E-state index contributed by atoms with van der Waals surface area (Å²) in [4.78, 5) is 18.4. The summed E-state index contributed by atoms with van der Waals surface area (Å²) in [6.45, 7) is 7.82. The standard InChI is InChI=1S/C16H20BrN3O/c1-11-5-12(2)8-19(7-11)10-14-6-16(21)20-9-13(17)3-4-15(20)18-14/h3-4,6,9,11-12H,5,7-8,10H2,1-2H3/p+1/t11-,12-/m1/s1. The maximum Gasteiger partial charge on any atom is 0.258 e. The molecule has 2 aromatic heterocycles. The molecule has 4 nitrogen and oxygen atoms in total. The molecular weight excluding hydrogens is 330 g/mol. The molecule has 0 spiro atoms. The van der Waals surface area contributed by atoms with E-state index >= 15 is 0 Å². The van der Waals surface area contributed by atoms with Crippen LogP contribution in [0.5, 0.6) is 0 Å². The van der Waals surface area contributed by atoms with Crippen LogP contribution in [-0.2, 0) is 6.54 Å².